The molecule has 102 valence electrons. The Bertz CT molecular complexity index is 621. The number of nitrogens with zero attached hydrogens (tertiary/aromatic N) is 2. The molecule has 0 radical (unpaired) electrons. The van der Waals surface area contributed by atoms with Crippen LogP contribution in [0.2, 0.25) is 0 Å². The number of hydrogen-bond donors (Lipinski definition) is 0. The van der Waals surface area contributed by atoms with E-state index in [0.717, 1.165) is 16.9 Å². The Morgan fingerprint density at radius 3 is 2.63 bits per heavy atom. The summed E-state index contributed by atoms with van der Waals surface area (Å²) >= 11 is 0. The zero-order chi connectivity index (χ0) is 14.2. The Morgan fingerprint density at radius 2 is 2.05 bits per heavy atom. The molecule has 0 bridgehead atoms. The first-order valence-electron chi connectivity index (χ1n) is 6.48. The first-order chi connectivity index (χ1) is 8.84. The van der Waals surface area contributed by atoms with Gasteiger partial charge < -0.3 is 9.30 Å². The Morgan fingerprint density at radius 1 is 1.37 bits per heavy atom. The molecule has 1 aromatic heterocycles. The van der Waals surface area contributed by atoms with Crippen molar-refractivity contribution in [2.75, 3.05) is 6.61 Å². The zero-order valence-corrected chi connectivity index (χ0v) is 12.2. The van der Waals surface area contributed by atoms with Gasteiger partial charge in [-0.1, -0.05) is 20.8 Å². The lowest BCUT2D eigenvalue weighted by molar-refractivity contribution is 0.0526. The quantitative estimate of drug-likeness (QED) is 0.779. The van der Waals surface area contributed by atoms with Gasteiger partial charge in [-0.15, -0.1) is 0 Å². The number of carbonyl (C=O) groups is 1. The molecular weight excluding hydrogens is 240 g/mol. The number of fused-ring (bicyclic) bond motifs is 1. The number of hydrogen-bond acceptors (Lipinski definition) is 3. The van der Waals surface area contributed by atoms with Gasteiger partial charge in [0.25, 0.3) is 0 Å². The van der Waals surface area contributed by atoms with Crippen LogP contribution in [0.5, 0.6) is 0 Å². The number of carbonyl (C=O) groups excluding carboxylic acids is 1. The fraction of sp³-hybridized carbons (Fsp3) is 0.467. The van der Waals surface area contributed by atoms with Gasteiger partial charge in [0.2, 0.25) is 0 Å². The van der Waals surface area contributed by atoms with Gasteiger partial charge in [-0.05, 0) is 25.1 Å². The van der Waals surface area contributed by atoms with Gasteiger partial charge in [0.15, 0.2) is 0 Å². The summed E-state index contributed by atoms with van der Waals surface area (Å²) in [5, 5.41) is 0. The molecule has 0 saturated carbocycles. The summed E-state index contributed by atoms with van der Waals surface area (Å²) in [6, 6.07) is 5.48. The molecule has 0 aliphatic carbocycles. The minimum absolute atomic E-state index is 0.0299. The molecule has 0 aliphatic heterocycles. The van der Waals surface area contributed by atoms with Gasteiger partial charge in [0, 0.05) is 12.5 Å². The monoisotopic (exact) mass is 260 g/mol. The van der Waals surface area contributed by atoms with Gasteiger partial charge in [-0.2, -0.15) is 0 Å². The van der Waals surface area contributed by atoms with Crippen molar-refractivity contribution >= 4 is 17.0 Å². The van der Waals surface area contributed by atoms with E-state index in [1.54, 1.807) is 13.0 Å². The number of ether oxygens (including phenoxy) is 1. The van der Waals surface area contributed by atoms with E-state index in [0.29, 0.717) is 12.2 Å². The van der Waals surface area contributed by atoms with Crippen LogP contribution >= 0.6 is 0 Å². The maximum atomic E-state index is 11.8. The second-order valence-corrected chi connectivity index (χ2v) is 5.67. The number of imidazole rings is 1. The summed E-state index contributed by atoms with van der Waals surface area (Å²) in [7, 11) is 1.98. The van der Waals surface area contributed by atoms with E-state index in [-0.39, 0.29) is 11.4 Å². The molecule has 2 rings (SSSR count). The molecule has 4 nitrogen and oxygen atoms in total. The Kier molecular flexibility index (Phi) is 3.35. The van der Waals surface area contributed by atoms with E-state index < -0.39 is 0 Å². The average molecular weight is 260 g/mol. The third-order valence-corrected chi connectivity index (χ3v) is 3.06. The van der Waals surface area contributed by atoms with Crippen molar-refractivity contribution in [2.45, 2.75) is 33.1 Å². The van der Waals surface area contributed by atoms with Crippen LogP contribution in [-0.2, 0) is 17.2 Å². The predicted octanol–water partition coefficient (Wildman–Crippen LogP) is 3.05. The number of aromatic nitrogens is 2. The molecule has 4 heteroatoms. The van der Waals surface area contributed by atoms with Gasteiger partial charge in [-0.3, -0.25) is 0 Å². The van der Waals surface area contributed by atoms with Crippen molar-refractivity contribution in [2.24, 2.45) is 7.05 Å². The van der Waals surface area contributed by atoms with E-state index in [2.05, 4.69) is 25.8 Å². The van der Waals surface area contributed by atoms with Crippen LogP contribution in [0.3, 0.4) is 0 Å². The van der Waals surface area contributed by atoms with Crippen LogP contribution in [0, 0.1) is 0 Å². The number of rotatable bonds is 2. The van der Waals surface area contributed by atoms with Crippen LogP contribution in [0.15, 0.2) is 18.2 Å². The van der Waals surface area contributed by atoms with Crippen LogP contribution in [0.4, 0.5) is 0 Å². The van der Waals surface area contributed by atoms with Crippen molar-refractivity contribution in [3.05, 3.63) is 29.6 Å². The van der Waals surface area contributed by atoms with Crippen LogP contribution in [0.1, 0.15) is 43.9 Å². The maximum absolute atomic E-state index is 11.8. The molecule has 0 aliphatic rings. The van der Waals surface area contributed by atoms with Crippen molar-refractivity contribution in [3.63, 3.8) is 0 Å². The summed E-state index contributed by atoms with van der Waals surface area (Å²) in [6.07, 6.45) is 0. The first kappa shape index (κ1) is 13.6. The standard InChI is InChI=1S/C15H20N2O2/c1-6-19-13(18)10-7-8-11-12(9-10)17(5)14(16-11)15(2,3)4/h7-9H,6H2,1-5H3. The summed E-state index contributed by atoms with van der Waals surface area (Å²) in [6.45, 7) is 8.56. The molecule has 0 amide bonds. The first-order valence-corrected chi connectivity index (χ1v) is 6.48. The topological polar surface area (TPSA) is 44.1 Å². The van der Waals surface area contributed by atoms with E-state index in [1.807, 2.05) is 23.7 Å². The highest BCUT2D eigenvalue weighted by molar-refractivity contribution is 5.93. The molecular formula is C15H20N2O2. The highest BCUT2D eigenvalue weighted by Gasteiger charge is 2.21. The lowest BCUT2D eigenvalue weighted by atomic mass is 9.96. The van der Waals surface area contributed by atoms with Crippen molar-refractivity contribution < 1.29 is 9.53 Å². The van der Waals surface area contributed by atoms with Gasteiger partial charge >= 0.3 is 5.97 Å². The average Bonchev–Trinajstić information content (AvgIpc) is 2.66. The highest BCUT2D eigenvalue weighted by Crippen LogP contribution is 2.25. The molecule has 1 heterocycles. The smallest absolute Gasteiger partial charge is 0.338 e. The van der Waals surface area contributed by atoms with E-state index in [9.17, 15) is 4.79 Å². The van der Waals surface area contributed by atoms with Crippen LogP contribution < -0.4 is 0 Å². The lowest BCUT2D eigenvalue weighted by Crippen LogP contribution is -2.17. The summed E-state index contributed by atoms with van der Waals surface area (Å²) in [5.74, 6) is 0.714. The minimum atomic E-state index is -0.289. The predicted molar refractivity (Wildman–Crippen MR) is 75.4 cm³/mol. The van der Waals surface area contributed by atoms with E-state index in [4.69, 9.17) is 4.74 Å². The van der Waals surface area contributed by atoms with Crippen LogP contribution in [0.25, 0.3) is 11.0 Å². The molecule has 0 saturated heterocycles. The molecule has 0 fully saturated rings. The van der Waals surface area contributed by atoms with Gasteiger partial charge in [0.1, 0.15) is 5.82 Å². The lowest BCUT2D eigenvalue weighted by Gasteiger charge is -2.17. The minimum Gasteiger partial charge on any atom is -0.462 e. The van der Waals surface area contributed by atoms with Gasteiger partial charge in [0.05, 0.1) is 23.2 Å². The Labute approximate surface area is 113 Å². The van der Waals surface area contributed by atoms with E-state index >= 15 is 0 Å². The molecule has 0 unspecified atom stereocenters. The van der Waals surface area contributed by atoms with Crippen molar-refractivity contribution in [3.8, 4) is 0 Å². The largest absolute Gasteiger partial charge is 0.462 e. The molecule has 0 spiro atoms. The maximum Gasteiger partial charge on any atom is 0.338 e. The molecule has 0 atom stereocenters. The summed E-state index contributed by atoms with van der Waals surface area (Å²) in [5.41, 5.74) is 2.39. The number of aryl methyl sites for hydroxylation is 1. The Hall–Kier alpha value is -1.84. The molecule has 1 aromatic carbocycles. The number of benzene rings is 1. The second kappa shape index (κ2) is 4.68. The normalized spacial score (nSPS) is 11.8. The SMILES string of the molecule is CCOC(=O)c1ccc2nc(C(C)(C)C)n(C)c2c1. The van der Waals surface area contributed by atoms with Crippen molar-refractivity contribution in [1.82, 2.24) is 9.55 Å². The molecule has 0 N–H and O–H groups in total. The third kappa shape index (κ3) is 2.48. The third-order valence-electron chi connectivity index (χ3n) is 3.06. The van der Waals surface area contributed by atoms with E-state index in [1.165, 1.54) is 0 Å². The van der Waals surface area contributed by atoms with Gasteiger partial charge in [-0.25, -0.2) is 9.78 Å². The van der Waals surface area contributed by atoms with Crippen LogP contribution in [-0.4, -0.2) is 22.1 Å². The Balaban J connectivity index is 2.55. The molecule has 19 heavy (non-hydrogen) atoms. The second-order valence-electron chi connectivity index (χ2n) is 5.67. The fourth-order valence-electron chi connectivity index (χ4n) is 2.20. The van der Waals surface area contributed by atoms with Crippen molar-refractivity contribution in [1.29, 1.82) is 0 Å². The summed E-state index contributed by atoms with van der Waals surface area (Å²) in [4.78, 5) is 16.4. The number of esters is 1. The fourth-order valence-corrected chi connectivity index (χ4v) is 2.20. The summed E-state index contributed by atoms with van der Waals surface area (Å²) < 4.78 is 7.06. The zero-order valence-electron chi connectivity index (χ0n) is 12.2. The molecule has 2 aromatic rings. The highest BCUT2D eigenvalue weighted by atomic mass is 16.5.